The van der Waals surface area contributed by atoms with Gasteiger partial charge in [-0.3, -0.25) is 0 Å². The van der Waals surface area contributed by atoms with Gasteiger partial charge in [0.2, 0.25) is 0 Å². The molecule has 1 aromatic heterocycles. The molecule has 0 saturated heterocycles. The van der Waals surface area contributed by atoms with Crippen molar-refractivity contribution in [2.45, 2.75) is 6.92 Å². The third-order valence-electron chi connectivity index (χ3n) is 0.946. The van der Waals surface area contributed by atoms with Gasteiger partial charge in [0.15, 0.2) is 0 Å². The highest BCUT2D eigenvalue weighted by molar-refractivity contribution is 7.33. The lowest BCUT2D eigenvalue weighted by molar-refractivity contribution is 1.53. The third kappa shape index (κ3) is 1.21. The summed E-state index contributed by atoms with van der Waals surface area (Å²) in [6.07, 6.45) is 0. The van der Waals surface area contributed by atoms with Gasteiger partial charge in [-0.05, 0) is 18.3 Å². The van der Waals surface area contributed by atoms with Crippen molar-refractivity contribution in [3.63, 3.8) is 0 Å². The van der Waals surface area contributed by atoms with E-state index in [-0.39, 0.29) is 0 Å². The smallest absolute Gasteiger partial charge is 0.0705 e. The van der Waals surface area contributed by atoms with Crippen molar-refractivity contribution < 1.29 is 0 Å². The number of hydrogen-bond donors (Lipinski definition) is 0. The summed E-state index contributed by atoms with van der Waals surface area (Å²) in [6, 6.07) is 4.03. The summed E-state index contributed by atoms with van der Waals surface area (Å²) in [4.78, 5) is 0. The zero-order chi connectivity index (χ0) is 5.98. The van der Waals surface area contributed by atoms with E-state index in [1.807, 2.05) is 24.9 Å². The molecule has 0 fully saturated rings. The second-order valence-electron chi connectivity index (χ2n) is 1.61. The van der Waals surface area contributed by atoms with E-state index in [0.717, 1.165) is 12.9 Å². The Labute approximate surface area is 55.6 Å². The predicted molar refractivity (Wildman–Crippen MR) is 38.7 cm³/mol. The highest BCUT2D eigenvalue weighted by Crippen LogP contribution is 2.23. The summed E-state index contributed by atoms with van der Waals surface area (Å²) < 4.78 is 0.938. The van der Waals surface area contributed by atoms with E-state index in [0.29, 0.717) is 0 Å². The van der Waals surface area contributed by atoms with Crippen LogP contribution in [0, 0.1) is 6.92 Å². The topological polar surface area (TPSA) is 0 Å². The second-order valence-corrected chi connectivity index (χ2v) is 3.26. The highest BCUT2D eigenvalue weighted by atomic mass is 35.5. The number of halogens is 1. The summed E-state index contributed by atoms with van der Waals surface area (Å²) in [5.41, 5.74) is 1.18. The fourth-order valence-corrected chi connectivity index (χ4v) is 1.28. The minimum atomic E-state index is 0.938. The lowest BCUT2D eigenvalue weighted by atomic mass is 10.4. The van der Waals surface area contributed by atoms with Gasteiger partial charge in [-0.15, -0.1) is 0 Å². The van der Waals surface area contributed by atoms with Crippen molar-refractivity contribution in [3.05, 3.63) is 28.2 Å². The van der Waals surface area contributed by atoms with Crippen LogP contribution >= 0.6 is 19.8 Å². The lowest BCUT2D eigenvalue weighted by Gasteiger charge is -1.90. The molecule has 0 nitrogen and oxygen atoms in total. The highest BCUT2D eigenvalue weighted by Gasteiger charge is 1.87. The van der Waals surface area contributed by atoms with E-state index in [1.54, 1.807) is 0 Å². The Hall–Kier alpha value is -0.0600. The monoisotopic (exact) mass is 144 g/mol. The standard InChI is InChI=1S/C6H6ClP/c1-5-3-2-4-8-6(5)7/h2-4H,1H3. The van der Waals surface area contributed by atoms with Crippen molar-refractivity contribution in [3.8, 4) is 0 Å². The Morgan fingerprint density at radius 1 is 1.62 bits per heavy atom. The van der Waals surface area contributed by atoms with Gasteiger partial charge in [0.05, 0.1) is 4.75 Å². The molecule has 8 heavy (non-hydrogen) atoms. The van der Waals surface area contributed by atoms with Crippen molar-refractivity contribution in [2.75, 3.05) is 0 Å². The van der Waals surface area contributed by atoms with Crippen LogP contribution in [-0.4, -0.2) is 0 Å². The maximum Gasteiger partial charge on any atom is 0.0705 e. The normalized spacial score (nSPS) is 10.2. The fraction of sp³-hybridized carbons (Fsp3) is 0.167. The molecule has 0 N–H and O–H groups in total. The molecule has 0 amide bonds. The van der Waals surface area contributed by atoms with Crippen LogP contribution in [0.15, 0.2) is 17.9 Å². The van der Waals surface area contributed by atoms with Crippen molar-refractivity contribution in [2.24, 2.45) is 0 Å². The van der Waals surface area contributed by atoms with Gasteiger partial charge in [-0.1, -0.05) is 31.9 Å². The molecule has 2 heteroatoms. The molecule has 1 aromatic rings. The van der Waals surface area contributed by atoms with E-state index < -0.39 is 0 Å². The molecule has 0 saturated carbocycles. The van der Waals surface area contributed by atoms with Gasteiger partial charge in [-0.25, -0.2) is 0 Å². The van der Waals surface area contributed by atoms with Crippen molar-refractivity contribution in [1.29, 1.82) is 0 Å². The van der Waals surface area contributed by atoms with Gasteiger partial charge in [-0.2, -0.15) is 0 Å². The Morgan fingerprint density at radius 2 is 2.38 bits per heavy atom. The van der Waals surface area contributed by atoms with Crippen LogP contribution in [0.2, 0.25) is 4.75 Å². The summed E-state index contributed by atoms with van der Waals surface area (Å²) in [7, 11) is 1.12. The zero-order valence-electron chi connectivity index (χ0n) is 4.56. The molecular weight excluding hydrogens is 138 g/mol. The van der Waals surface area contributed by atoms with E-state index in [1.165, 1.54) is 5.56 Å². The molecule has 42 valence electrons. The van der Waals surface area contributed by atoms with E-state index in [9.17, 15) is 0 Å². The zero-order valence-corrected chi connectivity index (χ0v) is 6.21. The van der Waals surface area contributed by atoms with Gasteiger partial charge in [0.25, 0.3) is 0 Å². The molecule has 1 rings (SSSR count). The van der Waals surface area contributed by atoms with Crippen LogP contribution in [-0.2, 0) is 0 Å². The summed E-state index contributed by atoms with van der Waals surface area (Å²) in [5.74, 6) is 2.02. The largest absolute Gasteiger partial charge is 0.0787 e. The molecule has 0 atom stereocenters. The molecule has 0 aliphatic carbocycles. The first-order chi connectivity index (χ1) is 3.80. The van der Waals surface area contributed by atoms with E-state index >= 15 is 0 Å². The maximum atomic E-state index is 5.75. The van der Waals surface area contributed by atoms with Gasteiger partial charge >= 0.3 is 0 Å². The third-order valence-corrected chi connectivity index (χ3v) is 2.44. The number of aryl methyl sites for hydroxylation is 1. The molecule has 0 aliphatic heterocycles. The Kier molecular flexibility index (Phi) is 1.88. The van der Waals surface area contributed by atoms with Gasteiger partial charge in [0.1, 0.15) is 0 Å². The number of hydrogen-bond acceptors (Lipinski definition) is 0. The summed E-state index contributed by atoms with van der Waals surface area (Å²) in [6.45, 7) is 2.01. The molecule has 0 spiro atoms. The quantitative estimate of drug-likeness (QED) is 0.525. The fourth-order valence-electron chi connectivity index (χ4n) is 0.466. The summed E-state index contributed by atoms with van der Waals surface area (Å²) >= 11 is 5.75. The Bertz CT molecular complexity index is 165. The molecule has 1 heterocycles. The molecule has 0 bridgehead atoms. The number of rotatable bonds is 0. The first kappa shape index (κ1) is 6.07. The minimum absolute atomic E-state index is 0.938. The molecule has 0 aliphatic rings. The Morgan fingerprint density at radius 3 is 2.75 bits per heavy atom. The molecule has 0 radical (unpaired) electrons. The first-order valence-corrected chi connectivity index (χ1v) is 3.72. The van der Waals surface area contributed by atoms with Crippen molar-refractivity contribution in [1.82, 2.24) is 0 Å². The summed E-state index contributed by atoms with van der Waals surface area (Å²) in [5, 5.41) is 0. The van der Waals surface area contributed by atoms with Crippen LogP contribution in [0.4, 0.5) is 0 Å². The SMILES string of the molecule is Cc1cccpc1Cl. The van der Waals surface area contributed by atoms with Crippen LogP contribution < -0.4 is 0 Å². The van der Waals surface area contributed by atoms with Crippen LogP contribution in [0.25, 0.3) is 0 Å². The van der Waals surface area contributed by atoms with Gasteiger partial charge < -0.3 is 0 Å². The predicted octanol–water partition coefficient (Wildman–Crippen LogP) is 3.23. The first-order valence-electron chi connectivity index (χ1n) is 2.38. The molecule has 0 unspecified atom stereocenters. The van der Waals surface area contributed by atoms with E-state index in [4.69, 9.17) is 11.6 Å². The molecular formula is C6H6ClP. The Balaban J connectivity index is 3.13. The second kappa shape index (κ2) is 2.48. The average Bonchev–Trinajstić information content (AvgIpc) is 1.77. The van der Waals surface area contributed by atoms with Gasteiger partial charge in [0, 0.05) is 0 Å². The lowest BCUT2D eigenvalue weighted by Crippen LogP contribution is -1.63. The minimum Gasteiger partial charge on any atom is -0.0787 e. The average molecular weight is 145 g/mol. The van der Waals surface area contributed by atoms with Crippen LogP contribution in [0.5, 0.6) is 0 Å². The maximum absolute atomic E-state index is 5.75. The van der Waals surface area contributed by atoms with Crippen LogP contribution in [0.3, 0.4) is 0 Å². The van der Waals surface area contributed by atoms with Crippen molar-refractivity contribution >= 4 is 19.8 Å². The van der Waals surface area contributed by atoms with Crippen LogP contribution in [0.1, 0.15) is 5.56 Å². The molecule has 0 aromatic carbocycles. The van der Waals surface area contributed by atoms with E-state index in [2.05, 4.69) is 0 Å².